The molecule has 7 nitrogen and oxygen atoms in total. The molecule has 1 aliphatic heterocycles. The second-order valence-corrected chi connectivity index (χ2v) is 6.13. The summed E-state index contributed by atoms with van der Waals surface area (Å²) in [5.41, 5.74) is 6.91. The van der Waals surface area contributed by atoms with E-state index in [1.807, 2.05) is 13.8 Å². The van der Waals surface area contributed by atoms with Gasteiger partial charge in [0.15, 0.2) is 17.5 Å². The number of hydrogen-bond acceptors (Lipinski definition) is 6. The molecule has 3 N–H and O–H groups in total. The lowest BCUT2D eigenvalue weighted by molar-refractivity contribution is 0.257. The first-order chi connectivity index (χ1) is 10.0. The van der Waals surface area contributed by atoms with E-state index in [0.29, 0.717) is 17.5 Å². The highest BCUT2D eigenvalue weighted by atomic mass is 16.4. The first-order valence-electron chi connectivity index (χ1n) is 7.32. The van der Waals surface area contributed by atoms with Crippen LogP contribution in [0.2, 0.25) is 0 Å². The maximum atomic E-state index is 5.85. The SMILES string of the molecule is Cc1nc(C)c(-c2nc(N3CCC(C)(CN)CC3)n[nH]2)o1. The summed E-state index contributed by atoms with van der Waals surface area (Å²) in [4.78, 5) is 11.0. The van der Waals surface area contributed by atoms with E-state index in [1.54, 1.807) is 0 Å². The van der Waals surface area contributed by atoms with E-state index in [9.17, 15) is 0 Å². The fraction of sp³-hybridized carbons (Fsp3) is 0.643. The Kier molecular flexibility index (Phi) is 3.44. The van der Waals surface area contributed by atoms with Crippen molar-refractivity contribution in [1.29, 1.82) is 0 Å². The fourth-order valence-electron chi connectivity index (χ4n) is 2.70. The number of anilines is 1. The molecule has 7 heteroatoms. The Morgan fingerprint density at radius 3 is 2.57 bits per heavy atom. The van der Waals surface area contributed by atoms with Gasteiger partial charge in [0, 0.05) is 20.0 Å². The van der Waals surface area contributed by atoms with Crippen molar-refractivity contribution in [3.05, 3.63) is 11.6 Å². The third-order valence-electron chi connectivity index (χ3n) is 4.34. The number of aromatic nitrogens is 4. The summed E-state index contributed by atoms with van der Waals surface area (Å²) in [6.07, 6.45) is 2.13. The predicted octanol–water partition coefficient (Wildman–Crippen LogP) is 1.64. The summed E-state index contributed by atoms with van der Waals surface area (Å²) in [7, 11) is 0. The number of nitrogens with zero attached hydrogens (tertiary/aromatic N) is 4. The zero-order valence-electron chi connectivity index (χ0n) is 12.8. The quantitative estimate of drug-likeness (QED) is 0.892. The molecule has 114 valence electrons. The summed E-state index contributed by atoms with van der Waals surface area (Å²) in [6.45, 7) is 8.57. The summed E-state index contributed by atoms with van der Waals surface area (Å²) in [5, 5.41) is 7.26. The van der Waals surface area contributed by atoms with Gasteiger partial charge in [0.05, 0.1) is 5.69 Å². The fourth-order valence-corrected chi connectivity index (χ4v) is 2.70. The van der Waals surface area contributed by atoms with Crippen LogP contribution >= 0.6 is 0 Å². The molecule has 1 aliphatic rings. The predicted molar refractivity (Wildman–Crippen MR) is 80.0 cm³/mol. The second kappa shape index (κ2) is 5.14. The molecule has 21 heavy (non-hydrogen) atoms. The van der Waals surface area contributed by atoms with Gasteiger partial charge in [-0.25, -0.2) is 4.98 Å². The lowest BCUT2D eigenvalue weighted by Gasteiger charge is -2.38. The highest BCUT2D eigenvalue weighted by Gasteiger charge is 2.30. The van der Waals surface area contributed by atoms with Crippen LogP contribution in [0.1, 0.15) is 31.4 Å². The average molecular weight is 290 g/mol. The molecular weight excluding hydrogens is 268 g/mol. The van der Waals surface area contributed by atoms with Crippen molar-refractivity contribution in [1.82, 2.24) is 20.2 Å². The molecule has 0 amide bonds. The average Bonchev–Trinajstić information content (AvgIpc) is 3.06. The summed E-state index contributed by atoms with van der Waals surface area (Å²) >= 11 is 0. The molecular formula is C14H22N6O. The minimum Gasteiger partial charge on any atom is -0.437 e. The normalized spacial score (nSPS) is 18.2. The highest BCUT2D eigenvalue weighted by molar-refractivity contribution is 5.52. The molecule has 1 fully saturated rings. The van der Waals surface area contributed by atoms with Crippen LogP contribution in [0.5, 0.6) is 0 Å². The summed E-state index contributed by atoms with van der Waals surface area (Å²) < 4.78 is 5.57. The largest absolute Gasteiger partial charge is 0.437 e. The van der Waals surface area contributed by atoms with Gasteiger partial charge in [0.1, 0.15) is 0 Å². The zero-order valence-corrected chi connectivity index (χ0v) is 12.8. The van der Waals surface area contributed by atoms with Gasteiger partial charge in [0.25, 0.3) is 0 Å². The van der Waals surface area contributed by atoms with Gasteiger partial charge >= 0.3 is 0 Å². The van der Waals surface area contributed by atoms with Gasteiger partial charge in [-0.2, -0.15) is 4.98 Å². The van der Waals surface area contributed by atoms with Crippen molar-refractivity contribution in [3.8, 4) is 11.6 Å². The van der Waals surface area contributed by atoms with Crippen molar-refractivity contribution in [2.75, 3.05) is 24.5 Å². The van der Waals surface area contributed by atoms with Crippen molar-refractivity contribution in [2.45, 2.75) is 33.6 Å². The molecule has 0 aliphatic carbocycles. The van der Waals surface area contributed by atoms with Crippen LogP contribution in [-0.4, -0.2) is 39.8 Å². The number of H-pyrrole nitrogens is 1. The minimum absolute atomic E-state index is 0.244. The van der Waals surface area contributed by atoms with E-state index < -0.39 is 0 Å². The van der Waals surface area contributed by atoms with Crippen LogP contribution in [0.4, 0.5) is 5.95 Å². The van der Waals surface area contributed by atoms with Crippen molar-refractivity contribution in [2.24, 2.45) is 11.1 Å². The Morgan fingerprint density at radius 2 is 2.00 bits per heavy atom. The minimum atomic E-state index is 0.244. The number of nitrogens with one attached hydrogen (secondary N) is 1. The van der Waals surface area contributed by atoms with Crippen molar-refractivity contribution < 1.29 is 4.42 Å². The number of nitrogens with two attached hydrogens (primary N) is 1. The molecule has 1 saturated heterocycles. The van der Waals surface area contributed by atoms with E-state index >= 15 is 0 Å². The Bertz CT molecular complexity index is 623. The van der Waals surface area contributed by atoms with Gasteiger partial charge in [0.2, 0.25) is 5.95 Å². The summed E-state index contributed by atoms with van der Waals surface area (Å²) in [5.74, 6) is 2.65. The Balaban J connectivity index is 1.76. The monoisotopic (exact) mass is 290 g/mol. The Labute approximate surface area is 123 Å². The van der Waals surface area contributed by atoms with E-state index in [2.05, 4.69) is 32.0 Å². The molecule has 0 unspecified atom stereocenters. The number of aryl methyl sites for hydroxylation is 2. The third kappa shape index (κ3) is 2.65. The molecule has 0 radical (unpaired) electrons. The van der Waals surface area contributed by atoms with Crippen LogP contribution in [-0.2, 0) is 0 Å². The van der Waals surface area contributed by atoms with Gasteiger partial charge in [-0.3, -0.25) is 5.10 Å². The topological polar surface area (TPSA) is 96.9 Å². The van der Waals surface area contributed by atoms with E-state index in [0.717, 1.165) is 44.1 Å². The van der Waals surface area contributed by atoms with Crippen LogP contribution < -0.4 is 10.6 Å². The third-order valence-corrected chi connectivity index (χ3v) is 4.34. The number of piperidine rings is 1. The maximum absolute atomic E-state index is 5.85. The standard InChI is InChI=1S/C14H22N6O/c1-9-11(21-10(2)16-9)12-17-13(19-18-12)20-6-4-14(3,8-15)5-7-20/h4-8,15H2,1-3H3,(H,17,18,19). The van der Waals surface area contributed by atoms with Crippen LogP contribution in [0.15, 0.2) is 4.42 Å². The zero-order chi connectivity index (χ0) is 15.0. The number of oxazole rings is 1. The molecule has 0 bridgehead atoms. The molecule has 0 aromatic carbocycles. The smallest absolute Gasteiger partial charge is 0.245 e. The molecule has 2 aromatic rings. The van der Waals surface area contributed by atoms with E-state index in [4.69, 9.17) is 10.2 Å². The lowest BCUT2D eigenvalue weighted by atomic mass is 9.81. The van der Waals surface area contributed by atoms with Gasteiger partial charge in [-0.1, -0.05) is 6.92 Å². The van der Waals surface area contributed by atoms with Crippen LogP contribution in [0.3, 0.4) is 0 Å². The molecule has 0 atom stereocenters. The molecule has 0 spiro atoms. The Hall–Kier alpha value is -1.89. The Morgan fingerprint density at radius 1 is 1.29 bits per heavy atom. The van der Waals surface area contributed by atoms with E-state index in [1.165, 1.54) is 0 Å². The maximum Gasteiger partial charge on any atom is 0.245 e. The van der Waals surface area contributed by atoms with Gasteiger partial charge < -0.3 is 15.1 Å². The van der Waals surface area contributed by atoms with Gasteiger partial charge in [-0.05, 0) is 31.7 Å². The molecule has 3 rings (SSSR count). The van der Waals surface area contributed by atoms with Crippen molar-refractivity contribution >= 4 is 5.95 Å². The first kappa shape index (κ1) is 14.1. The van der Waals surface area contributed by atoms with Crippen LogP contribution in [0.25, 0.3) is 11.6 Å². The highest BCUT2D eigenvalue weighted by Crippen LogP contribution is 2.31. The van der Waals surface area contributed by atoms with E-state index in [-0.39, 0.29) is 5.41 Å². The van der Waals surface area contributed by atoms with Crippen molar-refractivity contribution in [3.63, 3.8) is 0 Å². The first-order valence-corrected chi connectivity index (χ1v) is 7.32. The number of rotatable bonds is 3. The molecule has 0 saturated carbocycles. The lowest BCUT2D eigenvalue weighted by Crippen LogP contribution is -2.42. The number of aromatic amines is 1. The molecule has 3 heterocycles. The number of hydrogen-bond donors (Lipinski definition) is 2. The van der Waals surface area contributed by atoms with Gasteiger partial charge in [-0.15, -0.1) is 5.10 Å². The molecule has 2 aromatic heterocycles. The summed E-state index contributed by atoms with van der Waals surface area (Å²) in [6, 6.07) is 0. The second-order valence-electron chi connectivity index (χ2n) is 6.13. The van der Waals surface area contributed by atoms with Crippen LogP contribution in [0, 0.1) is 19.3 Å².